The van der Waals surface area contributed by atoms with Crippen LogP contribution in [0.15, 0.2) is 48.5 Å². The largest absolute Gasteiger partial charge is 0.477 e. The van der Waals surface area contributed by atoms with Crippen LogP contribution in [-0.4, -0.2) is 29.1 Å². The van der Waals surface area contributed by atoms with Crippen molar-refractivity contribution in [3.63, 3.8) is 0 Å². The zero-order valence-electron chi connectivity index (χ0n) is 11.8. The summed E-state index contributed by atoms with van der Waals surface area (Å²) in [6.45, 7) is 1.87. The Hall–Kier alpha value is -2.36. The van der Waals surface area contributed by atoms with Crippen LogP contribution in [0.25, 0.3) is 0 Å². The SMILES string of the molecule is O=C(O)c1cccc(N2CCC(Cc3ccccc3)C2)n1. The van der Waals surface area contributed by atoms with Crippen LogP contribution in [0.2, 0.25) is 0 Å². The fourth-order valence-electron chi connectivity index (χ4n) is 2.87. The molecule has 4 heteroatoms. The van der Waals surface area contributed by atoms with E-state index in [-0.39, 0.29) is 5.69 Å². The van der Waals surface area contributed by atoms with Crippen molar-refractivity contribution in [1.82, 2.24) is 4.98 Å². The van der Waals surface area contributed by atoms with Crippen LogP contribution in [0.1, 0.15) is 22.5 Å². The minimum Gasteiger partial charge on any atom is -0.477 e. The normalized spacial score (nSPS) is 17.9. The molecule has 0 spiro atoms. The number of pyridine rings is 1. The molecule has 21 heavy (non-hydrogen) atoms. The van der Waals surface area contributed by atoms with Gasteiger partial charge in [-0.05, 0) is 36.5 Å². The first-order chi connectivity index (χ1) is 10.2. The smallest absolute Gasteiger partial charge is 0.354 e. The third kappa shape index (κ3) is 3.21. The van der Waals surface area contributed by atoms with Crippen LogP contribution in [0, 0.1) is 5.92 Å². The Morgan fingerprint density at radius 3 is 2.76 bits per heavy atom. The third-order valence-corrected chi connectivity index (χ3v) is 3.93. The van der Waals surface area contributed by atoms with Crippen LogP contribution in [0.5, 0.6) is 0 Å². The Morgan fingerprint density at radius 2 is 2.00 bits per heavy atom. The Kier molecular flexibility index (Phi) is 3.86. The summed E-state index contributed by atoms with van der Waals surface area (Å²) in [5.41, 5.74) is 1.47. The van der Waals surface area contributed by atoms with Crippen LogP contribution >= 0.6 is 0 Å². The predicted octanol–water partition coefficient (Wildman–Crippen LogP) is 2.85. The number of hydrogen-bond donors (Lipinski definition) is 1. The minimum absolute atomic E-state index is 0.110. The first-order valence-corrected chi connectivity index (χ1v) is 7.21. The van der Waals surface area contributed by atoms with E-state index in [2.05, 4.69) is 34.1 Å². The highest BCUT2D eigenvalue weighted by Gasteiger charge is 2.24. The summed E-state index contributed by atoms with van der Waals surface area (Å²) in [7, 11) is 0. The van der Waals surface area contributed by atoms with Gasteiger partial charge in [0, 0.05) is 13.1 Å². The summed E-state index contributed by atoms with van der Waals surface area (Å²) in [5.74, 6) is 0.394. The molecule has 4 nitrogen and oxygen atoms in total. The first-order valence-electron chi connectivity index (χ1n) is 7.21. The number of aromatic nitrogens is 1. The average molecular weight is 282 g/mol. The molecule has 1 atom stereocenters. The average Bonchev–Trinajstić information content (AvgIpc) is 2.97. The molecule has 2 aromatic rings. The number of anilines is 1. The standard InChI is InChI=1S/C17H18N2O2/c20-17(21)15-7-4-8-16(18-15)19-10-9-14(12-19)11-13-5-2-1-3-6-13/h1-8,14H,9-12H2,(H,20,21). The molecule has 1 saturated heterocycles. The molecule has 1 fully saturated rings. The van der Waals surface area contributed by atoms with Crippen molar-refractivity contribution < 1.29 is 9.90 Å². The predicted molar refractivity (Wildman–Crippen MR) is 81.7 cm³/mol. The van der Waals surface area contributed by atoms with Crippen molar-refractivity contribution in [1.29, 1.82) is 0 Å². The van der Waals surface area contributed by atoms with Crippen LogP contribution < -0.4 is 4.90 Å². The minimum atomic E-state index is -0.975. The second-order valence-electron chi connectivity index (χ2n) is 5.48. The molecule has 0 aliphatic carbocycles. The highest BCUT2D eigenvalue weighted by Crippen LogP contribution is 2.25. The lowest BCUT2D eigenvalue weighted by Crippen LogP contribution is -2.22. The molecule has 1 aromatic heterocycles. The zero-order chi connectivity index (χ0) is 14.7. The molecule has 0 saturated carbocycles. The number of carboxylic acid groups (broad SMARTS) is 1. The van der Waals surface area contributed by atoms with Gasteiger partial charge in [-0.1, -0.05) is 36.4 Å². The van der Waals surface area contributed by atoms with E-state index in [0.717, 1.165) is 31.7 Å². The highest BCUT2D eigenvalue weighted by atomic mass is 16.4. The number of hydrogen-bond acceptors (Lipinski definition) is 3. The van der Waals surface area contributed by atoms with E-state index >= 15 is 0 Å². The van der Waals surface area contributed by atoms with Gasteiger partial charge in [0.15, 0.2) is 5.69 Å². The molecule has 1 unspecified atom stereocenters. The maximum atomic E-state index is 11.0. The van der Waals surface area contributed by atoms with Crippen LogP contribution in [-0.2, 0) is 6.42 Å². The van der Waals surface area contributed by atoms with E-state index < -0.39 is 5.97 Å². The van der Waals surface area contributed by atoms with Crippen molar-refractivity contribution in [2.24, 2.45) is 5.92 Å². The first kappa shape index (κ1) is 13.6. The molecule has 1 aliphatic rings. The van der Waals surface area contributed by atoms with Crippen LogP contribution in [0.4, 0.5) is 5.82 Å². The maximum absolute atomic E-state index is 11.0. The lowest BCUT2D eigenvalue weighted by Gasteiger charge is -2.17. The number of rotatable bonds is 4. The molecule has 2 heterocycles. The Balaban J connectivity index is 1.67. The van der Waals surface area contributed by atoms with Gasteiger partial charge in [0.05, 0.1) is 0 Å². The second-order valence-corrected chi connectivity index (χ2v) is 5.48. The molecule has 3 rings (SSSR count). The molecule has 0 radical (unpaired) electrons. The molecule has 1 aliphatic heterocycles. The van der Waals surface area contributed by atoms with E-state index in [1.54, 1.807) is 6.07 Å². The summed E-state index contributed by atoms with van der Waals surface area (Å²) in [4.78, 5) is 17.4. The summed E-state index contributed by atoms with van der Waals surface area (Å²) in [5, 5.41) is 9.02. The van der Waals surface area contributed by atoms with Crippen LogP contribution in [0.3, 0.4) is 0 Å². The van der Waals surface area contributed by atoms with Crippen molar-refractivity contribution in [2.75, 3.05) is 18.0 Å². The van der Waals surface area contributed by atoms with E-state index in [1.807, 2.05) is 12.1 Å². The molecular formula is C17H18N2O2. The lowest BCUT2D eigenvalue weighted by molar-refractivity contribution is 0.0690. The second kappa shape index (κ2) is 5.95. The lowest BCUT2D eigenvalue weighted by atomic mass is 9.99. The molecule has 0 bridgehead atoms. The molecule has 1 N–H and O–H groups in total. The third-order valence-electron chi connectivity index (χ3n) is 3.93. The fourth-order valence-corrected chi connectivity index (χ4v) is 2.87. The zero-order valence-corrected chi connectivity index (χ0v) is 11.8. The van der Waals surface area contributed by atoms with Gasteiger partial charge in [-0.3, -0.25) is 0 Å². The van der Waals surface area contributed by atoms with Crippen molar-refractivity contribution in [2.45, 2.75) is 12.8 Å². The summed E-state index contributed by atoms with van der Waals surface area (Å²) >= 11 is 0. The number of carbonyl (C=O) groups is 1. The van der Waals surface area contributed by atoms with Gasteiger partial charge in [0.1, 0.15) is 5.82 Å². The Bertz CT molecular complexity index is 628. The Labute approximate surface area is 124 Å². The molecule has 108 valence electrons. The van der Waals surface area contributed by atoms with Gasteiger partial charge in [-0.2, -0.15) is 0 Å². The van der Waals surface area contributed by atoms with Gasteiger partial charge in [0.2, 0.25) is 0 Å². The van der Waals surface area contributed by atoms with Crippen molar-refractivity contribution >= 4 is 11.8 Å². The highest BCUT2D eigenvalue weighted by molar-refractivity contribution is 5.85. The van der Waals surface area contributed by atoms with Gasteiger partial charge >= 0.3 is 5.97 Å². The van der Waals surface area contributed by atoms with Gasteiger partial charge < -0.3 is 10.0 Å². The maximum Gasteiger partial charge on any atom is 0.354 e. The summed E-state index contributed by atoms with van der Waals surface area (Å²) < 4.78 is 0. The van der Waals surface area contributed by atoms with E-state index in [9.17, 15) is 4.79 Å². The summed E-state index contributed by atoms with van der Waals surface area (Å²) in [6, 6.07) is 15.7. The quantitative estimate of drug-likeness (QED) is 0.937. The Morgan fingerprint density at radius 1 is 1.19 bits per heavy atom. The van der Waals surface area contributed by atoms with E-state index in [4.69, 9.17) is 5.11 Å². The fraction of sp³-hybridized carbons (Fsp3) is 0.294. The molecule has 1 aromatic carbocycles. The monoisotopic (exact) mass is 282 g/mol. The topological polar surface area (TPSA) is 53.4 Å². The number of benzene rings is 1. The number of aromatic carboxylic acids is 1. The van der Waals surface area contributed by atoms with Gasteiger partial charge in [-0.25, -0.2) is 9.78 Å². The summed E-state index contributed by atoms with van der Waals surface area (Å²) in [6.07, 6.45) is 2.18. The number of carboxylic acids is 1. The van der Waals surface area contributed by atoms with Gasteiger partial charge in [-0.15, -0.1) is 0 Å². The van der Waals surface area contributed by atoms with Crippen molar-refractivity contribution in [3.05, 3.63) is 59.8 Å². The van der Waals surface area contributed by atoms with E-state index in [1.165, 1.54) is 11.6 Å². The molecule has 0 amide bonds. The number of nitrogens with zero attached hydrogens (tertiary/aromatic N) is 2. The van der Waals surface area contributed by atoms with E-state index in [0.29, 0.717) is 5.92 Å². The van der Waals surface area contributed by atoms with Crippen molar-refractivity contribution in [3.8, 4) is 0 Å². The molecular weight excluding hydrogens is 264 g/mol. The van der Waals surface area contributed by atoms with Gasteiger partial charge in [0.25, 0.3) is 0 Å².